The van der Waals surface area contributed by atoms with Crippen LogP contribution >= 0.6 is 11.3 Å². The van der Waals surface area contributed by atoms with E-state index in [-0.39, 0.29) is 18.4 Å². The Labute approximate surface area is 160 Å². The van der Waals surface area contributed by atoms with E-state index in [1.54, 1.807) is 12.0 Å². The summed E-state index contributed by atoms with van der Waals surface area (Å²) in [6.07, 6.45) is 0. The van der Waals surface area contributed by atoms with E-state index in [0.717, 1.165) is 27.2 Å². The summed E-state index contributed by atoms with van der Waals surface area (Å²) in [6.45, 7) is 3.72. The number of benzene rings is 2. The van der Waals surface area contributed by atoms with E-state index in [9.17, 15) is 9.59 Å². The molecule has 2 aromatic carbocycles. The van der Waals surface area contributed by atoms with Crippen LogP contribution < -0.4 is 15.0 Å². The number of nitrogens with one attached hydrogen (secondary N) is 1. The fourth-order valence-corrected chi connectivity index (χ4v) is 4.25. The number of methoxy groups -OCH3 is 1. The fourth-order valence-electron chi connectivity index (χ4n) is 3.34. The number of nitrogens with zero attached hydrogens (tertiary/aromatic N) is 2. The highest BCUT2D eigenvalue weighted by Gasteiger charge is 2.44. The van der Waals surface area contributed by atoms with E-state index in [4.69, 9.17) is 4.74 Å². The molecular formula is C20H19N3O3S. The van der Waals surface area contributed by atoms with Gasteiger partial charge in [0.2, 0.25) is 11.8 Å². The van der Waals surface area contributed by atoms with Crippen LogP contribution in [-0.4, -0.2) is 30.5 Å². The van der Waals surface area contributed by atoms with Gasteiger partial charge in [-0.05, 0) is 43.7 Å². The van der Waals surface area contributed by atoms with Crippen molar-refractivity contribution < 1.29 is 14.3 Å². The standard InChI is InChI=1S/C20H19N3O3S/c1-20(2)13-6-4-5-7-15(13)23(18(20)25)11-17(24)22-19-21-14-9-8-12(26-3)10-16(14)27-19/h4-10H,11H2,1-3H3,(H,21,22,24). The minimum absolute atomic E-state index is 0.0431. The molecule has 138 valence electrons. The molecule has 7 heteroatoms. The third-order valence-electron chi connectivity index (χ3n) is 4.79. The summed E-state index contributed by atoms with van der Waals surface area (Å²) in [5, 5.41) is 3.31. The van der Waals surface area contributed by atoms with Crippen molar-refractivity contribution in [2.24, 2.45) is 0 Å². The van der Waals surface area contributed by atoms with E-state index in [0.29, 0.717) is 5.13 Å². The number of hydrogen-bond acceptors (Lipinski definition) is 5. The molecule has 6 nitrogen and oxygen atoms in total. The molecule has 0 saturated heterocycles. The number of hydrogen-bond donors (Lipinski definition) is 1. The summed E-state index contributed by atoms with van der Waals surface area (Å²) < 4.78 is 6.14. The highest BCUT2D eigenvalue weighted by molar-refractivity contribution is 7.22. The molecule has 0 saturated carbocycles. The van der Waals surface area contributed by atoms with Crippen molar-refractivity contribution in [3.8, 4) is 5.75 Å². The smallest absolute Gasteiger partial charge is 0.246 e. The molecule has 3 aromatic rings. The van der Waals surface area contributed by atoms with E-state index in [1.807, 2.05) is 56.3 Å². The van der Waals surface area contributed by atoms with Crippen LogP contribution in [-0.2, 0) is 15.0 Å². The Bertz CT molecular complexity index is 1060. The minimum Gasteiger partial charge on any atom is -0.497 e. The predicted octanol–water partition coefficient (Wildman–Crippen LogP) is 3.57. The maximum atomic E-state index is 12.8. The zero-order chi connectivity index (χ0) is 19.2. The number of carbonyl (C=O) groups is 2. The van der Waals surface area contributed by atoms with Crippen LogP contribution in [0.5, 0.6) is 5.75 Å². The van der Waals surface area contributed by atoms with Gasteiger partial charge in [-0.15, -0.1) is 0 Å². The fraction of sp³-hybridized carbons (Fsp3) is 0.250. The average molecular weight is 381 g/mol. The van der Waals surface area contributed by atoms with Crippen molar-refractivity contribution >= 4 is 44.2 Å². The molecule has 27 heavy (non-hydrogen) atoms. The van der Waals surface area contributed by atoms with Gasteiger partial charge in [0, 0.05) is 5.69 Å². The van der Waals surface area contributed by atoms with Crippen molar-refractivity contribution in [3.63, 3.8) is 0 Å². The van der Waals surface area contributed by atoms with Crippen molar-refractivity contribution in [3.05, 3.63) is 48.0 Å². The normalized spacial score (nSPS) is 15.1. The Morgan fingerprint density at radius 2 is 2.04 bits per heavy atom. The number of fused-ring (bicyclic) bond motifs is 2. The lowest BCUT2D eigenvalue weighted by Gasteiger charge is -2.19. The molecule has 0 bridgehead atoms. The second kappa shape index (κ2) is 6.35. The SMILES string of the molecule is COc1ccc2nc(NC(=O)CN3C(=O)C(C)(C)c4ccccc43)sc2c1. The highest BCUT2D eigenvalue weighted by atomic mass is 32.1. The average Bonchev–Trinajstić information content (AvgIpc) is 3.13. The second-order valence-corrected chi connectivity index (χ2v) is 7.96. The van der Waals surface area contributed by atoms with Gasteiger partial charge in [0.25, 0.3) is 0 Å². The van der Waals surface area contributed by atoms with Gasteiger partial charge in [-0.2, -0.15) is 0 Å². The molecule has 0 spiro atoms. The van der Waals surface area contributed by atoms with Crippen LogP contribution in [0.1, 0.15) is 19.4 Å². The first kappa shape index (κ1) is 17.5. The zero-order valence-corrected chi connectivity index (χ0v) is 16.1. The predicted molar refractivity (Wildman–Crippen MR) is 107 cm³/mol. The highest BCUT2D eigenvalue weighted by Crippen LogP contribution is 2.41. The molecule has 0 fully saturated rings. The third kappa shape index (κ3) is 2.94. The number of carbonyl (C=O) groups excluding carboxylic acids is 2. The van der Waals surface area contributed by atoms with E-state index >= 15 is 0 Å². The minimum atomic E-state index is -0.636. The van der Waals surface area contributed by atoms with Crippen molar-refractivity contribution in [2.45, 2.75) is 19.3 Å². The number of thiazole rings is 1. The molecular weight excluding hydrogens is 362 g/mol. The van der Waals surface area contributed by atoms with Crippen LogP contribution in [0.25, 0.3) is 10.2 Å². The van der Waals surface area contributed by atoms with Crippen LogP contribution in [0.2, 0.25) is 0 Å². The maximum Gasteiger partial charge on any atom is 0.246 e. The second-order valence-electron chi connectivity index (χ2n) is 6.93. The number of aromatic nitrogens is 1. The maximum absolute atomic E-state index is 12.8. The molecule has 1 aliphatic heterocycles. The third-order valence-corrected chi connectivity index (χ3v) is 5.73. The number of ether oxygens (including phenoxy) is 1. The molecule has 2 amide bonds. The molecule has 0 unspecified atom stereocenters. The molecule has 1 aliphatic rings. The number of rotatable bonds is 4. The topological polar surface area (TPSA) is 71.5 Å². The molecule has 4 rings (SSSR count). The Hall–Kier alpha value is -2.93. The van der Waals surface area contributed by atoms with Gasteiger partial charge < -0.3 is 15.0 Å². The number of anilines is 2. The number of para-hydroxylation sites is 1. The quantitative estimate of drug-likeness (QED) is 0.750. The van der Waals surface area contributed by atoms with E-state index < -0.39 is 5.41 Å². The summed E-state index contributed by atoms with van der Waals surface area (Å²) in [7, 11) is 1.61. The Morgan fingerprint density at radius 3 is 2.81 bits per heavy atom. The first-order chi connectivity index (χ1) is 12.9. The first-order valence-corrected chi connectivity index (χ1v) is 9.37. The van der Waals surface area contributed by atoms with Crippen LogP contribution in [0.4, 0.5) is 10.8 Å². The molecule has 0 aliphatic carbocycles. The van der Waals surface area contributed by atoms with Gasteiger partial charge in [0.1, 0.15) is 12.3 Å². The summed E-state index contributed by atoms with van der Waals surface area (Å²) >= 11 is 1.37. The summed E-state index contributed by atoms with van der Waals surface area (Å²) in [4.78, 5) is 31.3. The largest absolute Gasteiger partial charge is 0.497 e. The summed E-state index contributed by atoms with van der Waals surface area (Å²) in [5.41, 5.74) is 1.88. The summed E-state index contributed by atoms with van der Waals surface area (Å²) in [6, 6.07) is 13.2. The molecule has 1 N–H and O–H groups in total. The van der Waals surface area contributed by atoms with Gasteiger partial charge in [-0.3, -0.25) is 9.59 Å². The van der Waals surface area contributed by atoms with Gasteiger partial charge in [-0.1, -0.05) is 29.5 Å². The number of amides is 2. The van der Waals surface area contributed by atoms with Gasteiger partial charge in [0.15, 0.2) is 5.13 Å². The Balaban J connectivity index is 1.54. The summed E-state index contributed by atoms with van der Waals surface area (Å²) in [5.74, 6) is 0.389. The van der Waals surface area contributed by atoms with Crippen molar-refractivity contribution in [1.82, 2.24) is 4.98 Å². The lowest BCUT2D eigenvalue weighted by molar-refractivity contribution is -0.124. The van der Waals surface area contributed by atoms with Gasteiger partial charge in [0.05, 0.1) is 22.7 Å². The van der Waals surface area contributed by atoms with Crippen molar-refractivity contribution in [1.29, 1.82) is 0 Å². The van der Waals surface area contributed by atoms with Crippen LogP contribution in [0.15, 0.2) is 42.5 Å². The van der Waals surface area contributed by atoms with Crippen molar-refractivity contribution in [2.75, 3.05) is 23.9 Å². The molecule has 0 radical (unpaired) electrons. The monoisotopic (exact) mass is 381 g/mol. The van der Waals surface area contributed by atoms with Crippen LogP contribution in [0.3, 0.4) is 0 Å². The lowest BCUT2D eigenvalue weighted by atomic mass is 9.86. The van der Waals surface area contributed by atoms with Crippen LogP contribution in [0, 0.1) is 0 Å². The molecule has 2 heterocycles. The first-order valence-electron chi connectivity index (χ1n) is 8.56. The molecule has 1 aromatic heterocycles. The van der Waals surface area contributed by atoms with Gasteiger partial charge >= 0.3 is 0 Å². The van der Waals surface area contributed by atoms with E-state index in [2.05, 4.69) is 10.3 Å². The van der Waals surface area contributed by atoms with Gasteiger partial charge in [-0.25, -0.2) is 4.98 Å². The molecule has 0 atom stereocenters. The zero-order valence-electron chi connectivity index (χ0n) is 15.3. The van der Waals surface area contributed by atoms with E-state index in [1.165, 1.54) is 11.3 Å². The Morgan fingerprint density at radius 1 is 1.26 bits per heavy atom. The lowest BCUT2D eigenvalue weighted by Crippen LogP contribution is -2.40. The Kier molecular flexibility index (Phi) is 4.11.